The Labute approximate surface area is 103 Å². The first-order chi connectivity index (χ1) is 8.40. The minimum Gasteiger partial charge on any atom is -0.255 e. The molecule has 0 aliphatic heterocycles. The molecule has 0 bridgehead atoms. The molecule has 3 heterocycles. The number of hydrogen-bond donors (Lipinski definition) is 0. The smallest absolute Gasteiger partial charge is 0.160 e. The topological polar surface area (TPSA) is 43.1 Å². The van der Waals surface area contributed by atoms with E-state index in [0.717, 1.165) is 22.6 Å². The predicted octanol–water partition coefficient (Wildman–Crippen LogP) is 2.53. The van der Waals surface area contributed by atoms with Crippen LogP contribution >= 0.6 is 11.6 Å². The van der Waals surface area contributed by atoms with Crippen LogP contribution < -0.4 is 0 Å². The van der Waals surface area contributed by atoms with Crippen molar-refractivity contribution in [2.45, 2.75) is 5.88 Å². The van der Waals surface area contributed by atoms with E-state index >= 15 is 0 Å². The zero-order valence-electron chi connectivity index (χ0n) is 8.92. The van der Waals surface area contributed by atoms with Gasteiger partial charge in [-0.3, -0.25) is 4.98 Å². The molecule has 0 spiro atoms. The molecule has 3 aromatic rings. The second-order valence-electron chi connectivity index (χ2n) is 3.56. The third-order valence-electron chi connectivity index (χ3n) is 2.53. The highest BCUT2D eigenvalue weighted by Gasteiger charge is 2.14. The molecular weight excluding hydrogens is 236 g/mol. The van der Waals surface area contributed by atoms with Gasteiger partial charge in [-0.15, -0.1) is 11.6 Å². The lowest BCUT2D eigenvalue weighted by atomic mass is 10.2. The molecule has 0 radical (unpaired) electrons. The molecule has 0 saturated carbocycles. The highest BCUT2D eigenvalue weighted by molar-refractivity contribution is 6.18. The van der Waals surface area contributed by atoms with Gasteiger partial charge >= 0.3 is 0 Å². The van der Waals surface area contributed by atoms with Crippen molar-refractivity contribution in [3.8, 4) is 11.4 Å². The van der Waals surface area contributed by atoms with Crippen molar-refractivity contribution in [1.29, 1.82) is 0 Å². The Bertz CT molecular complexity index is 648. The number of nitrogens with zero attached hydrogens (tertiary/aromatic N) is 4. The summed E-state index contributed by atoms with van der Waals surface area (Å²) in [5.74, 6) is 0.367. The van der Waals surface area contributed by atoms with Crippen LogP contribution in [0.2, 0.25) is 0 Å². The van der Waals surface area contributed by atoms with Gasteiger partial charge in [-0.2, -0.15) is 5.10 Å². The molecule has 17 heavy (non-hydrogen) atoms. The van der Waals surface area contributed by atoms with Crippen molar-refractivity contribution in [1.82, 2.24) is 19.6 Å². The lowest BCUT2D eigenvalue weighted by Crippen LogP contribution is -1.87. The molecule has 5 heteroatoms. The first-order valence-corrected chi connectivity index (χ1v) is 5.73. The van der Waals surface area contributed by atoms with Gasteiger partial charge in [0.05, 0.1) is 11.6 Å². The number of alkyl halides is 1. The summed E-state index contributed by atoms with van der Waals surface area (Å²) in [6, 6.07) is 7.55. The van der Waals surface area contributed by atoms with Crippen LogP contribution in [0.25, 0.3) is 17.0 Å². The van der Waals surface area contributed by atoms with Crippen molar-refractivity contribution < 1.29 is 0 Å². The zero-order valence-corrected chi connectivity index (χ0v) is 9.67. The van der Waals surface area contributed by atoms with Gasteiger partial charge < -0.3 is 0 Å². The minimum absolute atomic E-state index is 0.367. The fourth-order valence-electron chi connectivity index (χ4n) is 1.77. The summed E-state index contributed by atoms with van der Waals surface area (Å²) in [6.45, 7) is 0. The van der Waals surface area contributed by atoms with Crippen LogP contribution in [0.4, 0.5) is 0 Å². The summed E-state index contributed by atoms with van der Waals surface area (Å²) in [4.78, 5) is 8.58. The molecule has 0 amide bonds. The Morgan fingerprint density at radius 3 is 2.76 bits per heavy atom. The van der Waals surface area contributed by atoms with Crippen LogP contribution in [0.1, 0.15) is 5.56 Å². The molecule has 3 rings (SSSR count). The molecule has 0 atom stereocenters. The van der Waals surface area contributed by atoms with Crippen LogP contribution in [-0.4, -0.2) is 19.6 Å². The van der Waals surface area contributed by atoms with Crippen molar-refractivity contribution in [3.05, 3.63) is 48.4 Å². The van der Waals surface area contributed by atoms with E-state index in [1.165, 1.54) is 0 Å². The number of pyridine rings is 1. The second kappa shape index (κ2) is 4.14. The maximum Gasteiger partial charge on any atom is 0.160 e. The summed E-state index contributed by atoms with van der Waals surface area (Å²) < 4.78 is 1.72. The van der Waals surface area contributed by atoms with Crippen LogP contribution in [0.15, 0.2) is 42.9 Å². The van der Waals surface area contributed by atoms with Gasteiger partial charge in [-0.1, -0.05) is 6.07 Å². The summed E-state index contributed by atoms with van der Waals surface area (Å²) >= 11 is 5.98. The van der Waals surface area contributed by atoms with E-state index in [4.69, 9.17) is 11.6 Å². The van der Waals surface area contributed by atoms with Crippen LogP contribution in [-0.2, 0) is 5.88 Å². The molecule has 0 aliphatic rings. The molecule has 84 valence electrons. The third kappa shape index (κ3) is 1.66. The number of fused-ring (bicyclic) bond motifs is 1. The van der Waals surface area contributed by atoms with Gasteiger partial charge in [0.15, 0.2) is 5.65 Å². The maximum absolute atomic E-state index is 5.98. The van der Waals surface area contributed by atoms with E-state index in [1.54, 1.807) is 16.9 Å². The summed E-state index contributed by atoms with van der Waals surface area (Å²) in [6.07, 6.45) is 5.32. The first-order valence-electron chi connectivity index (χ1n) is 5.20. The normalized spacial score (nSPS) is 10.9. The van der Waals surface area contributed by atoms with Gasteiger partial charge in [-0.05, 0) is 18.2 Å². The van der Waals surface area contributed by atoms with E-state index in [1.807, 2.05) is 30.5 Å². The Morgan fingerprint density at radius 2 is 2.00 bits per heavy atom. The van der Waals surface area contributed by atoms with Crippen molar-refractivity contribution in [2.24, 2.45) is 0 Å². The highest BCUT2D eigenvalue weighted by atomic mass is 35.5. The van der Waals surface area contributed by atoms with Crippen molar-refractivity contribution in [3.63, 3.8) is 0 Å². The van der Waals surface area contributed by atoms with E-state index in [9.17, 15) is 0 Å². The van der Waals surface area contributed by atoms with Gasteiger partial charge in [-0.25, -0.2) is 9.50 Å². The number of halogens is 1. The van der Waals surface area contributed by atoms with E-state index in [-0.39, 0.29) is 0 Å². The molecule has 3 aromatic heterocycles. The molecular formula is C12H9ClN4. The predicted molar refractivity (Wildman–Crippen MR) is 65.8 cm³/mol. The van der Waals surface area contributed by atoms with Crippen LogP contribution in [0.5, 0.6) is 0 Å². The summed E-state index contributed by atoms with van der Waals surface area (Å²) in [7, 11) is 0. The molecule has 0 saturated heterocycles. The van der Waals surface area contributed by atoms with Crippen LogP contribution in [0.3, 0.4) is 0 Å². The zero-order chi connectivity index (χ0) is 11.7. The molecule has 0 aromatic carbocycles. The molecule has 0 unspecified atom stereocenters. The fraction of sp³-hybridized carbons (Fsp3) is 0.0833. The highest BCUT2D eigenvalue weighted by Crippen LogP contribution is 2.24. The Morgan fingerprint density at radius 1 is 1.12 bits per heavy atom. The largest absolute Gasteiger partial charge is 0.255 e. The number of aromatic nitrogens is 4. The number of rotatable bonds is 2. The SMILES string of the molecule is ClCc1c(-c2ccccn2)nn2cccnc12. The Hall–Kier alpha value is -1.94. The molecule has 0 fully saturated rings. The lowest BCUT2D eigenvalue weighted by molar-refractivity contribution is 0.940. The molecule has 4 nitrogen and oxygen atoms in total. The standard InChI is InChI=1S/C12H9ClN4/c13-8-9-11(10-4-1-2-5-14-10)16-17-7-3-6-15-12(9)17/h1-7H,8H2. The molecule has 0 N–H and O–H groups in total. The van der Waals surface area contributed by atoms with E-state index in [2.05, 4.69) is 15.1 Å². The van der Waals surface area contributed by atoms with Gasteiger partial charge in [0.2, 0.25) is 0 Å². The number of hydrogen-bond acceptors (Lipinski definition) is 3. The Balaban J connectivity index is 2.30. The monoisotopic (exact) mass is 244 g/mol. The van der Waals surface area contributed by atoms with Crippen molar-refractivity contribution in [2.75, 3.05) is 0 Å². The second-order valence-corrected chi connectivity index (χ2v) is 3.83. The average molecular weight is 245 g/mol. The summed E-state index contributed by atoms with van der Waals surface area (Å²) in [5, 5.41) is 4.46. The van der Waals surface area contributed by atoms with Gasteiger partial charge in [0.25, 0.3) is 0 Å². The fourth-order valence-corrected chi connectivity index (χ4v) is 2.01. The van der Waals surface area contributed by atoms with Gasteiger partial charge in [0, 0.05) is 24.2 Å². The first kappa shape index (κ1) is 10.2. The third-order valence-corrected chi connectivity index (χ3v) is 2.80. The van der Waals surface area contributed by atoms with Gasteiger partial charge in [0.1, 0.15) is 5.69 Å². The van der Waals surface area contributed by atoms with E-state index < -0.39 is 0 Å². The maximum atomic E-state index is 5.98. The minimum atomic E-state index is 0.367. The van der Waals surface area contributed by atoms with E-state index in [0.29, 0.717) is 5.88 Å². The average Bonchev–Trinajstić information content (AvgIpc) is 2.78. The lowest BCUT2D eigenvalue weighted by Gasteiger charge is -1.96. The quantitative estimate of drug-likeness (QED) is 0.651. The Kier molecular flexibility index (Phi) is 2.49. The van der Waals surface area contributed by atoms with Crippen molar-refractivity contribution >= 4 is 17.2 Å². The molecule has 0 aliphatic carbocycles. The van der Waals surface area contributed by atoms with Crippen LogP contribution in [0, 0.1) is 0 Å². The summed E-state index contributed by atoms with van der Waals surface area (Å²) in [5.41, 5.74) is 3.29.